The van der Waals surface area contributed by atoms with E-state index in [1.54, 1.807) is 12.1 Å². The Balaban J connectivity index is 1.33. The molecule has 44 heavy (non-hydrogen) atoms. The zero-order valence-corrected chi connectivity index (χ0v) is 27.6. The minimum absolute atomic E-state index is 0.0528. The van der Waals surface area contributed by atoms with E-state index in [1.807, 2.05) is 6.08 Å². The number of carbonyl (C=O) groups excluding carboxylic acids is 3. The summed E-state index contributed by atoms with van der Waals surface area (Å²) >= 11 is 0. The van der Waals surface area contributed by atoms with E-state index in [0.29, 0.717) is 6.42 Å². The van der Waals surface area contributed by atoms with Crippen LogP contribution in [0, 0.1) is 50.2 Å². The van der Waals surface area contributed by atoms with Crippen LogP contribution < -0.4 is 0 Å². The van der Waals surface area contributed by atoms with E-state index in [-0.39, 0.29) is 67.8 Å². The van der Waals surface area contributed by atoms with Gasteiger partial charge in [-0.05, 0) is 109 Å². The molecule has 1 aromatic carbocycles. The van der Waals surface area contributed by atoms with E-state index in [1.165, 1.54) is 17.7 Å². The lowest BCUT2D eigenvalue weighted by molar-refractivity contribution is -0.202. The fourth-order valence-corrected chi connectivity index (χ4v) is 11.5. The molecular weight excluding hydrogens is 552 g/mol. The number of rotatable bonds is 4. The van der Waals surface area contributed by atoms with Crippen LogP contribution in [0.2, 0.25) is 0 Å². The van der Waals surface area contributed by atoms with Gasteiger partial charge in [-0.2, -0.15) is 0 Å². The van der Waals surface area contributed by atoms with Crippen LogP contribution in [0.25, 0.3) is 0 Å². The van der Waals surface area contributed by atoms with Gasteiger partial charge in [0.2, 0.25) is 0 Å². The number of fused-ring (bicyclic) bond motifs is 7. The summed E-state index contributed by atoms with van der Waals surface area (Å²) in [6.07, 6.45) is 11.1. The number of carbonyl (C=O) groups is 4. The Hall–Kier alpha value is -2.76. The number of carboxylic acid groups (broad SMARTS) is 1. The lowest BCUT2D eigenvalue weighted by Gasteiger charge is -2.70. The molecule has 238 valence electrons. The maximum Gasteiger partial charge on any atom is 0.339 e. The first-order valence-electron chi connectivity index (χ1n) is 16.7. The third-order valence-electron chi connectivity index (χ3n) is 14.5. The molecule has 0 amide bonds. The van der Waals surface area contributed by atoms with Crippen molar-refractivity contribution < 1.29 is 29.0 Å². The smallest absolute Gasteiger partial charge is 0.339 e. The third-order valence-corrected chi connectivity index (χ3v) is 14.5. The maximum atomic E-state index is 14.6. The molecule has 4 fully saturated rings. The van der Waals surface area contributed by atoms with E-state index in [9.17, 15) is 24.3 Å². The number of hydrogen-bond donors (Lipinski definition) is 1. The van der Waals surface area contributed by atoms with Gasteiger partial charge in [-0.25, -0.2) is 9.59 Å². The highest BCUT2D eigenvalue weighted by Gasteiger charge is 2.70. The standard InChI is InChI=1S/C38H50O6/c1-33(2)28-12-15-38(7)30(36(28,5)14-13-29(33)44-32(43)24-11-9-8-10-23(24)31(41)42)27(40)20-25-26-21-34(3,22-39)16-17-35(26,4)18-19-37(25,38)6/h8-11,20,22,26,28-30H,12-19,21H2,1-7H3,(H,41,42)/t26-,28?,29-,30?,34-,35+,36-,37?,38+/m0/s1. The van der Waals surface area contributed by atoms with Crippen LogP contribution >= 0.6 is 0 Å². The molecule has 9 atom stereocenters. The van der Waals surface area contributed by atoms with Gasteiger partial charge in [-0.1, -0.05) is 66.2 Å². The minimum Gasteiger partial charge on any atom is -0.478 e. The zero-order chi connectivity index (χ0) is 32.1. The van der Waals surface area contributed by atoms with Gasteiger partial charge >= 0.3 is 11.9 Å². The summed E-state index contributed by atoms with van der Waals surface area (Å²) in [5.74, 6) is -1.22. The van der Waals surface area contributed by atoms with Gasteiger partial charge in [0.1, 0.15) is 12.4 Å². The van der Waals surface area contributed by atoms with Crippen molar-refractivity contribution in [3.8, 4) is 0 Å². The van der Waals surface area contributed by atoms with Crippen LogP contribution in [0.4, 0.5) is 0 Å². The molecule has 5 aliphatic carbocycles. The molecule has 5 aliphatic rings. The number of hydrogen-bond acceptors (Lipinski definition) is 5. The molecule has 6 rings (SSSR count). The Morgan fingerprint density at radius 1 is 0.886 bits per heavy atom. The molecular formula is C38H50O6. The molecule has 0 aromatic heterocycles. The van der Waals surface area contributed by atoms with Gasteiger partial charge in [0.05, 0.1) is 11.1 Å². The molecule has 6 heteroatoms. The second-order valence-corrected chi connectivity index (χ2v) is 17.1. The fraction of sp³-hybridized carbons (Fsp3) is 0.684. The highest BCUT2D eigenvalue weighted by atomic mass is 16.5. The molecule has 0 heterocycles. The van der Waals surface area contributed by atoms with E-state index in [2.05, 4.69) is 48.5 Å². The average molecular weight is 603 g/mol. The SMILES string of the molecule is CC1(C)C2CC[C@]3(C)C(C(=O)C=C4[C@@H]5C[C@@](C)(C=O)CC[C@]5(C)CCC43C)[C@@]2(C)CC[C@@H]1OC(=O)c1ccccc1C(=O)O. The number of carboxylic acids is 1. The monoisotopic (exact) mass is 602 g/mol. The second-order valence-electron chi connectivity index (χ2n) is 17.1. The van der Waals surface area contributed by atoms with E-state index in [0.717, 1.165) is 57.7 Å². The summed E-state index contributed by atoms with van der Waals surface area (Å²) in [6, 6.07) is 6.22. The molecule has 0 radical (unpaired) electrons. The van der Waals surface area contributed by atoms with E-state index < -0.39 is 17.4 Å². The first kappa shape index (κ1) is 31.2. The maximum absolute atomic E-state index is 14.6. The molecule has 4 saturated carbocycles. The van der Waals surface area contributed by atoms with Crippen molar-refractivity contribution in [1.82, 2.24) is 0 Å². The van der Waals surface area contributed by atoms with Crippen molar-refractivity contribution in [1.29, 1.82) is 0 Å². The van der Waals surface area contributed by atoms with Gasteiger partial charge in [0.15, 0.2) is 5.78 Å². The number of esters is 1. The summed E-state index contributed by atoms with van der Waals surface area (Å²) in [4.78, 5) is 51.9. The number of allylic oxidation sites excluding steroid dienone is 2. The molecule has 3 unspecified atom stereocenters. The first-order chi connectivity index (χ1) is 20.5. The van der Waals surface area contributed by atoms with Crippen molar-refractivity contribution in [2.24, 2.45) is 50.2 Å². The zero-order valence-electron chi connectivity index (χ0n) is 27.6. The Morgan fingerprint density at radius 3 is 2.20 bits per heavy atom. The van der Waals surface area contributed by atoms with Crippen molar-refractivity contribution >= 4 is 24.0 Å². The van der Waals surface area contributed by atoms with Crippen LogP contribution in [0.1, 0.15) is 127 Å². The van der Waals surface area contributed by atoms with Gasteiger partial charge in [-0.15, -0.1) is 0 Å². The van der Waals surface area contributed by atoms with Crippen molar-refractivity contribution in [3.63, 3.8) is 0 Å². The van der Waals surface area contributed by atoms with Gasteiger partial charge < -0.3 is 14.6 Å². The van der Waals surface area contributed by atoms with Crippen molar-refractivity contribution in [3.05, 3.63) is 47.0 Å². The molecule has 1 aromatic rings. The Bertz CT molecular complexity index is 1460. The minimum atomic E-state index is -1.15. The summed E-state index contributed by atoms with van der Waals surface area (Å²) in [7, 11) is 0. The normalized spacial score (nSPS) is 44.2. The number of ketones is 1. The van der Waals surface area contributed by atoms with Crippen LogP contribution in [0.15, 0.2) is 35.9 Å². The molecule has 0 aliphatic heterocycles. The second kappa shape index (κ2) is 9.87. The predicted molar refractivity (Wildman–Crippen MR) is 168 cm³/mol. The van der Waals surface area contributed by atoms with Crippen LogP contribution in [0.3, 0.4) is 0 Å². The third kappa shape index (κ3) is 4.17. The Labute approximate surface area is 262 Å². The fourth-order valence-electron chi connectivity index (χ4n) is 11.5. The van der Waals surface area contributed by atoms with E-state index in [4.69, 9.17) is 4.74 Å². The molecule has 0 spiro atoms. The highest BCUT2D eigenvalue weighted by Crippen LogP contribution is 2.75. The Morgan fingerprint density at radius 2 is 1.55 bits per heavy atom. The molecule has 0 bridgehead atoms. The summed E-state index contributed by atoms with van der Waals surface area (Å²) < 4.78 is 6.14. The molecule has 1 N–H and O–H groups in total. The molecule has 6 nitrogen and oxygen atoms in total. The number of benzene rings is 1. The lowest BCUT2D eigenvalue weighted by Crippen LogP contribution is -2.66. The van der Waals surface area contributed by atoms with Crippen molar-refractivity contribution in [2.45, 2.75) is 112 Å². The number of aldehydes is 1. The quantitative estimate of drug-likeness (QED) is 0.276. The van der Waals surface area contributed by atoms with Crippen LogP contribution in [0.5, 0.6) is 0 Å². The Kier molecular flexibility index (Phi) is 7.00. The highest BCUT2D eigenvalue weighted by molar-refractivity contribution is 6.02. The first-order valence-corrected chi connectivity index (χ1v) is 16.7. The van der Waals surface area contributed by atoms with Gasteiger partial charge in [0, 0.05) is 16.7 Å². The summed E-state index contributed by atoms with van der Waals surface area (Å²) in [6.45, 7) is 16.0. The van der Waals surface area contributed by atoms with Crippen LogP contribution in [-0.2, 0) is 14.3 Å². The summed E-state index contributed by atoms with van der Waals surface area (Å²) in [5.41, 5.74) is 0.158. The number of ether oxygens (including phenoxy) is 1. The van der Waals surface area contributed by atoms with Crippen molar-refractivity contribution in [2.75, 3.05) is 0 Å². The average Bonchev–Trinajstić information content (AvgIpc) is 2.96. The van der Waals surface area contributed by atoms with Gasteiger partial charge in [0.25, 0.3) is 0 Å². The largest absolute Gasteiger partial charge is 0.478 e. The van der Waals surface area contributed by atoms with E-state index >= 15 is 0 Å². The summed E-state index contributed by atoms with van der Waals surface area (Å²) in [5, 5.41) is 9.63. The molecule has 0 saturated heterocycles. The van der Waals surface area contributed by atoms with Gasteiger partial charge in [-0.3, -0.25) is 4.79 Å². The van der Waals surface area contributed by atoms with Crippen LogP contribution in [-0.4, -0.2) is 35.2 Å². The lowest BCUT2D eigenvalue weighted by atomic mass is 9.33. The topological polar surface area (TPSA) is 97.7 Å². The predicted octanol–water partition coefficient (Wildman–Crippen LogP) is 8.09. The number of aromatic carboxylic acids is 1.